The van der Waals surface area contributed by atoms with E-state index in [0.717, 1.165) is 25.7 Å². The fourth-order valence-electron chi connectivity index (χ4n) is 2.87. The van der Waals surface area contributed by atoms with Crippen LogP contribution >= 0.6 is 0 Å². The predicted octanol–water partition coefficient (Wildman–Crippen LogP) is 1.31. The molecule has 0 aromatic heterocycles. The van der Waals surface area contributed by atoms with Crippen LogP contribution in [0.4, 0.5) is 0 Å². The molecule has 0 aromatic carbocycles. The van der Waals surface area contributed by atoms with Gasteiger partial charge in [-0.2, -0.15) is 0 Å². The third kappa shape index (κ3) is 5.49. The van der Waals surface area contributed by atoms with E-state index in [1.807, 2.05) is 13.8 Å². The average molecular weight is 283 g/mol. The molecule has 1 aliphatic carbocycles. The summed E-state index contributed by atoms with van der Waals surface area (Å²) in [6, 6.07) is -0.459. The first-order valence-electron chi connectivity index (χ1n) is 7.66. The second kappa shape index (κ2) is 7.62. The molecule has 0 saturated heterocycles. The Bertz CT molecular complexity index is 336. The molecule has 1 aliphatic rings. The lowest BCUT2D eigenvalue weighted by Gasteiger charge is -2.33. The molecule has 0 bridgehead atoms. The quantitative estimate of drug-likeness (QED) is 0.687. The maximum Gasteiger partial charge on any atom is 0.242 e. The van der Waals surface area contributed by atoms with Crippen LogP contribution in [0.5, 0.6) is 0 Å². The summed E-state index contributed by atoms with van der Waals surface area (Å²) in [5.41, 5.74) is 5.90. The zero-order valence-corrected chi connectivity index (χ0v) is 13.0. The molecule has 1 unspecified atom stereocenters. The van der Waals surface area contributed by atoms with E-state index in [-0.39, 0.29) is 17.4 Å². The highest BCUT2D eigenvalue weighted by molar-refractivity contribution is 5.87. The largest absolute Gasteiger partial charge is 0.357 e. The number of amides is 2. The van der Waals surface area contributed by atoms with Crippen LogP contribution in [0.25, 0.3) is 0 Å². The molecule has 0 heterocycles. The Morgan fingerprint density at radius 1 is 1.20 bits per heavy atom. The fourth-order valence-corrected chi connectivity index (χ4v) is 2.87. The molecule has 116 valence electrons. The predicted molar refractivity (Wildman–Crippen MR) is 80.1 cm³/mol. The lowest BCUT2D eigenvalue weighted by atomic mass is 9.80. The zero-order chi connectivity index (χ0) is 15.2. The van der Waals surface area contributed by atoms with Crippen LogP contribution in [0.15, 0.2) is 0 Å². The van der Waals surface area contributed by atoms with Crippen LogP contribution in [-0.2, 0) is 9.59 Å². The van der Waals surface area contributed by atoms with E-state index in [0.29, 0.717) is 18.8 Å². The summed E-state index contributed by atoms with van der Waals surface area (Å²) in [6.07, 6.45) is 6.14. The topological polar surface area (TPSA) is 84.2 Å². The molecule has 1 rings (SSSR count). The van der Waals surface area contributed by atoms with Crippen molar-refractivity contribution >= 4 is 11.8 Å². The van der Waals surface area contributed by atoms with Crippen LogP contribution in [0, 0.1) is 5.92 Å². The van der Waals surface area contributed by atoms with Crippen molar-refractivity contribution in [2.45, 2.75) is 70.4 Å². The maximum absolute atomic E-state index is 12.2. The summed E-state index contributed by atoms with van der Waals surface area (Å²) < 4.78 is 0. The van der Waals surface area contributed by atoms with Gasteiger partial charge in [0.15, 0.2) is 0 Å². The molecule has 1 atom stereocenters. The van der Waals surface area contributed by atoms with Crippen molar-refractivity contribution in [3.63, 3.8) is 0 Å². The van der Waals surface area contributed by atoms with E-state index in [1.54, 1.807) is 7.05 Å². The molecule has 20 heavy (non-hydrogen) atoms. The standard InChI is InChI=1S/C15H29N3O2/c1-11(2)9-12(14(20)17-3)18-13(19)10-15(16)7-5-4-6-8-15/h11-12H,4-10,16H2,1-3H3,(H,17,20)(H,18,19). The summed E-state index contributed by atoms with van der Waals surface area (Å²) in [7, 11) is 1.59. The average Bonchev–Trinajstić information content (AvgIpc) is 2.36. The molecular weight excluding hydrogens is 254 g/mol. The first-order valence-corrected chi connectivity index (χ1v) is 7.66. The Morgan fingerprint density at radius 3 is 2.30 bits per heavy atom. The lowest BCUT2D eigenvalue weighted by Crippen LogP contribution is -2.51. The molecule has 5 heteroatoms. The van der Waals surface area contributed by atoms with Gasteiger partial charge in [-0.1, -0.05) is 33.1 Å². The van der Waals surface area contributed by atoms with Crippen LogP contribution in [0.2, 0.25) is 0 Å². The van der Waals surface area contributed by atoms with Gasteiger partial charge in [0.1, 0.15) is 6.04 Å². The molecule has 1 saturated carbocycles. The Labute approximate surface area is 122 Å². The van der Waals surface area contributed by atoms with Gasteiger partial charge in [-0.05, 0) is 25.2 Å². The van der Waals surface area contributed by atoms with E-state index in [4.69, 9.17) is 5.73 Å². The second-order valence-electron chi connectivity index (χ2n) is 6.46. The molecule has 0 aliphatic heterocycles. The van der Waals surface area contributed by atoms with Crippen molar-refractivity contribution in [2.24, 2.45) is 11.7 Å². The normalized spacial score (nSPS) is 19.4. The number of likely N-dealkylation sites (N-methyl/N-ethyl adjacent to an activating group) is 1. The summed E-state index contributed by atoms with van der Waals surface area (Å²) in [4.78, 5) is 24.0. The van der Waals surface area contributed by atoms with Gasteiger partial charge in [0, 0.05) is 19.0 Å². The van der Waals surface area contributed by atoms with Crippen molar-refractivity contribution in [1.82, 2.24) is 10.6 Å². The Morgan fingerprint density at radius 2 is 1.80 bits per heavy atom. The number of nitrogens with two attached hydrogens (primary N) is 1. The van der Waals surface area contributed by atoms with E-state index in [2.05, 4.69) is 10.6 Å². The van der Waals surface area contributed by atoms with Crippen molar-refractivity contribution in [3.8, 4) is 0 Å². The van der Waals surface area contributed by atoms with Gasteiger partial charge in [-0.15, -0.1) is 0 Å². The highest BCUT2D eigenvalue weighted by atomic mass is 16.2. The zero-order valence-electron chi connectivity index (χ0n) is 13.0. The number of carbonyl (C=O) groups is 2. The lowest BCUT2D eigenvalue weighted by molar-refractivity contribution is -0.129. The number of hydrogen-bond acceptors (Lipinski definition) is 3. The highest BCUT2D eigenvalue weighted by Crippen LogP contribution is 2.28. The van der Waals surface area contributed by atoms with E-state index < -0.39 is 6.04 Å². The van der Waals surface area contributed by atoms with Gasteiger partial charge >= 0.3 is 0 Å². The number of carbonyl (C=O) groups excluding carboxylic acids is 2. The van der Waals surface area contributed by atoms with Crippen molar-refractivity contribution in [3.05, 3.63) is 0 Å². The SMILES string of the molecule is CNC(=O)C(CC(C)C)NC(=O)CC1(N)CCCCC1. The van der Waals surface area contributed by atoms with E-state index >= 15 is 0 Å². The Hall–Kier alpha value is -1.10. The number of nitrogens with one attached hydrogen (secondary N) is 2. The minimum atomic E-state index is -0.459. The third-order valence-corrected chi connectivity index (χ3v) is 3.97. The van der Waals surface area contributed by atoms with Gasteiger partial charge in [0.05, 0.1) is 0 Å². The van der Waals surface area contributed by atoms with Crippen LogP contribution in [0.1, 0.15) is 58.8 Å². The minimum Gasteiger partial charge on any atom is -0.357 e. The van der Waals surface area contributed by atoms with Gasteiger partial charge in [-0.25, -0.2) is 0 Å². The molecule has 5 nitrogen and oxygen atoms in total. The van der Waals surface area contributed by atoms with E-state index in [9.17, 15) is 9.59 Å². The summed E-state index contributed by atoms with van der Waals surface area (Å²) in [5.74, 6) is 0.101. The Balaban J connectivity index is 2.54. The van der Waals surface area contributed by atoms with Crippen molar-refractivity contribution < 1.29 is 9.59 Å². The van der Waals surface area contributed by atoms with Gasteiger partial charge in [-0.3, -0.25) is 9.59 Å². The smallest absolute Gasteiger partial charge is 0.242 e. The number of rotatable bonds is 6. The van der Waals surface area contributed by atoms with Crippen molar-refractivity contribution in [1.29, 1.82) is 0 Å². The third-order valence-electron chi connectivity index (χ3n) is 3.97. The first-order chi connectivity index (χ1) is 9.36. The number of hydrogen-bond donors (Lipinski definition) is 3. The van der Waals surface area contributed by atoms with Gasteiger partial charge in [0.25, 0.3) is 0 Å². The molecule has 4 N–H and O–H groups in total. The van der Waals surface area contributed by atoms with E-state index in [1.165, 1.54) is 6.42 Å². The minimum absolute atomic E-state index is 0.108. The summed E-state index contributed by atoms with van der Waals surface area (Å²) in [5, 5.41) is 5.44. The Kier molecular flexibility index (Phi) is 6.46. The monoisotopic (exact) mass is 283 g/mol. The maximum atomic E-state index is 12.2. The molecule has 0 aromatic rings. The van der Waals surface area contributed by atoms with Crippen molar-refractivity contribution in [2.75, 3.05) is 7.05 Å². The van der Waals surface area contributed by atoms with Gasteiger partial charge < -0.3 is 16.4 Å². The molecular formula is C15H29N3O2. The summed E-state index contributed by atoms with van der Waals surface area (Å²) in [6.45, 7) is 4.07. The molecule has 0 spiro atoms. The summed E-state index contributed by atoms with van der Waals surface area (Å²) >= 11 is 0. The molecule has 1 fully saturated rings. The van der Waals surface area contributed by atoms with Crippen LogP contribution in [0.3, 0.4) is 0 Å². The van der Waals surface area contributed by atoms with Gasteiger partial charge in [0.2, 0.25) is 11.8 Å². The fraction of sp³-hybridized carbons (Fsp3) is 0.867. The first kappa shape index (κ1) is 17.0. The molecule has 0 radical (unpaired) electrons. The molecule has 2 amide bonds. The second-order valence-corrected chi connectivity index (χ2v) is 6.46. The highest BCUT2D eigenvalue weighted by Gasteiger charge is 2.31. The van der Waals surface area contributed by atoms with Crippen LogP contribution in [-0.4, -0.2) is 30.4 Å². The van der Waals surface area contributed by atoms with Crippen LogP contribution < -0.4 is 16.4 Å².